The lowest BCUT2D eigenvalue weighted by Gasteiger charge is -2.12. The highest BCUT2D eigenvalue weighted by Crippen LogP contribution is 2.37. The van der Waals surface area contributed by atoms with Crippen molar-refractivity contribution in [3.63, 3.8) is 0 Å². The minimum atomic E-state index is -4.17. The molecule has 2 aromatic carbocycles. The summed E-state index contributed by atoms with van der Waals surface area (Å²) in [4.78, 5) is 6.72. The summed E-state index contributed by atoms with van der Waals surface area (Å²) in [7, 11) is -8.29. The number of hydrogen-bond donors (Lipinski definition) is 2. The molecule has 0 aliphatic rings. The minimum Gasteiger partial charge on any atom is -0.344 e. The highest BCUT2D eigenvalue weighted by atomic mass is 32.2. The molecule has 0 radical (unpaired) electrons. The molecule has 7 nitrogen and oxygen atoms in total. The van der Waals surface area contributed by atoms with Gasteiger partial charge < -0.3 is 4.98 Å². The maximum Gasteiger partial charge on any atom is 0.244 e. The number of nitrogens with zero attached hydrogens (tertiary/aromatic N) is 1. The molecule has 0 saturated carbocycles. The number of aromatic nitrogens is 2. The van der Waals surface area contributed by atoms with Gasteiger partial charge in [-0.3, -0.25) is 4.98 Å². The highest BCUT2D eigenvalue weighted by Gasteiger charge is 2.33. The zero-order valence-electron chi connectivity index (χ0n) is 18.3. The fraction of sp³-hybridized carbons (Fsp3) is 0.208. The molecule has 9 heteroatoms. The van der Waals surface area contributed by atoms with Crippen LogP contribution in [0.5, 0.6) is 0 Å². The second-order valence-electron chi connectivity index (χ2n) is 8.03. The fourth-order valence-electron chi connectivity index (χ4n) is 3.81. The number of fused-ring (bicyclic) bond motifs is 1. The van der Waals surface area contributed by atoms with Crippen molar-refractivity contribution in [2.24, 2.45) is 0 Å². The van der Waals surface area contributed by atoms with Gasteiger partial charge in [-0.15, -0.1) is 0 Å². The van der Waals surface area contributed by atoms with Crippen LogP contribution in [0.4, 0.5) is 0 Å². The van der Waals surface area contributed by atoms with Gasteiger partial charge in [0, 0.05) is 29.8 Å². The van der Waals surface area contributed by atoms with Crippen molar-refractivity contribution >= 4 is 30.8 Å². The number of pyridine rings is 1. The second kappa shape index (κ2) is 9.09. The number of benzene rings is 2. The molecular formula is C24H25N3O4S2. The summed E-state index contributed by atoms with van der Waals surface area (Å²) in [5, 5.41) is 0.0709. The summed E-state index contributed by atoms with van der Waals surface area (Å²) in [5.74, 6) is -0.0128. The van der Waals surface area contributed by atoms with Gasteiger partial charge >= 0.3 is 0 Å². The van der Waals surface area contributed by atoms with Gasteiger partial charge in [-0.25, -0.2) is 21.6 Å². The molecule has 0 spiro atoms. The highest BCUT2D eigenvalue weighted by molar-refractivity contribution is 7.93. The van der Waals surface area contributed by atoms with Crippen LogP contribution >= 0.6 is 0 Å². The van der Waals surface area contributed by atoms with Crippen LogP contribution in [-0.2, 0) is 26.3 Å². The maximum absolute atomic E-state index is 13.6. The molecule has 2 aromatic heterocycles. The topological polar surface area (TPSA) is 109 Å². The molecule has 0 atom stereocenters. The van der Waals surface area contributed by atoms with E-state index in [1.807, 2.05) is 26.0 Å². The van der Waals surface area contributed by atoms with Crippen molar-refractivity contribution < 1.29 is 16.8 Å². The van der Waals surface area contributed by atoms with Crippen molar-refractivity contribution in [3.8, 4) is 0 Å². The predicted octanol–water partition coefficient (Wildman–Crippen LogP) is 4.04. The maximum atomic E-state index is 13.6. The molecule has 172 valence electrons. The van der Waals surface area contributed by atoms with Crippen LogP contribution in [0.25, 0.3) is 10.9 Å². The Kier molecular flexibility index (Phi) is 6.38. The van der Waals surface area contributed by atoms with Gasteiger partial charge in [0.25, 0.3) is 0 Å². The molecule has 2 N–H and O–H groups in total. The first-order valence-electron chi connectivity index (χ1n) is 10.5. The van der Waals surface area contributed by atoms with Crippen LogP contribution in [0.15, 0.2) is 87.9 Å². The molecule has 33 heavy (non-hydrogen) atoms. The molecule has 0 saturated heterocycles. The average molecular weight is 484 g/mol. The van der Waals surface area contributed by atoms with Crippen molar-refractivity contribution in [1.29, 1.82) is 0 Å². The summed E-state index contributed by atoms with van der Waals surface area (Å²) >= 11 is 0. The first-order chi connectivity index (χ1) is 15.7. The summed E-state index contributed by atoms with van der Waals surface area (Å²) in [5.41, 5.74) is 2.09. The average Bonchev–Trinajstić information content (AvgIpc) is 3.22. The van der Waals surface area contributed by atoms with Gasteiger partial charge in [-0.1, -0.05) is 50.2 Å². The van der Waals surface area contributed by atoms with Crippen LogP contribution in [0, 0.1) is 0 Å². The standard InChI is InChI=1S/C24H25N3O4S2/c1-17(2)20-11-6-12-21-22(20)23(24(27-21)32(28,29)19-9-4-3-5-10-19)33(30,31)26-15-13-18-8-7-14-25-16-18/h3-12,14,16-17,26-27H,13,15H2,1-2H3. The number of sulfonamides is 1. The van der Waals surface area contributed by atoms with Crippen molar-refractivity contribution in [3.05, 3.63) is 84.2 Å². The first kappa shape index (κ1) is 23.2. The lowest BCUT2D eigenvalue weighted by atomic mass is 9.99. The Labute approximate surface area is 193 Å². The lowest BCUT2D eigenvalue weighted by molar-refractivity contribution is 0.572. The monoisotopic (exact) mass is 483 g/mol. The third-order valence-corrected chi connectivity index (χ3v) is 8.82. The number of hydrogen-bond acceptors (Lipinski definition) is 5. The van der Waals surface area contributed by atoms with Crippen LogP contribution in [0.3, 0.4) is 0 Å². The Hall–Kier alpha value is -3.01. The zero-order valence-corrected chi connectivity index (χ0v) is 19.9. The SMILES string of the molecule is CC(C)c1cccc2[nH]c(S(=O)(=O)c3ccccc3)c(S(=O)(=O)NCCc3cccnc3)c12. The molecule has 0 amide bonds. The fourth-order valence-corrected chi connectivity index (χ4v) is 7.12. The van der Waals surface area contributed by atoms with Crippen LogP contribution < -0.4 is 4.72 Å². The van der Waals surface area contributed by atoms with Crippen molar-refractivity contribution in [2.75, 3.05) is 6.54 Å². The van der Waals surface area contributed by atoms with E-state index in [0.29, 0.717) is 17.3 Å². The molecule has 0 unspecified atom stereocenters. The molecule has 0 bridgehead atoms. The minimum absolute atomic E-state index is 0.0128. The molecular weight excluding hydrogens is 458 g/mol. The molecule has 0 aliphatic carbocycles. The molecule has 4 rings (SSSR count). The first-order valence-corrected chi connectivity index (χ1v) is 13.5. The normalized spacial score (nSPS) is 12.5. The summed E-state index contributed by atoms with van der Waals surface area (Å²) in [6.45, 7) is 3.99. The second-order valence-corrected chi connectivity index (χ2v) is 11.6. The van der Waals surface area contributed by atoms with E-state index < -0.39 is 19.9 Å². The summed E-state index contributed by atoms with van der Waals surface area (Å²) in [6, 6.07) is 16.8. The smallest absolute Gasteiger partial charge is 0.244 e. The van der Waals surface area contributed by atoms with Gasteiger partial charge in [0.1, 0.15) is 4.90 Å². The predicted molar refractivity (Wildman–Crippen MR) is 127 cm³/mol. The van der Waals surface area contributed by atoms with E-state index in [0.717, 1.165) is 11.1 Å². The van der Waals surface area contributed by atoms with Gasteiger partial charge in [0.15, 0.2) is 5.03 Å². The Balaban J connectivity index is 1.87. The Morgan fingerprint density at radius 3 is 2.36 bits per heavy atom. The number of rotatable bonds is 8. The van der Waals surface area contributed by atoms with Crippen LogP contribution in [0.2, 0.25) is 0 Å². The third kappa shape index (κ3) is 4.57. The van der Waals surface area contributed by atoms with E-state index in [4.69, 9.17) is 0 Å². The van der Waals surface area contributed by atoms with E-state index in [9.17, 15) is 16.8 Å². The summed E-state index contributed by atoms with van der Waals surface area (Å²) in [6.07, 6.45) is 3.74. The van der Waals surface area contributed by atoms with Crippen molar-refractivity contribution in [1.82, 2.24) is 14.7 Å². The van der Waals surface area contributed by atoms with Crippen LogP contribution in [-0.4, -0.2) is 33.3 Å². The molecule has 2 heterocycles. The van der Waals surface area contributed by atoms with E-state index in [1.165, 1.54) is 12.1 Å². The van der Waals surface area contributed by atoms with E-state index in [1.54, 1.807) is 48.8 Å². The van der Waals surface area contributed by atoms with Crippen molar-refractivity contribution in [2.45, 2.75) is 41.0 Å². The van der Waals surface area contributed by atoms with Gasteiger partial charge in [0.05, 0.1) is 4.90 Å². The number of nitrogens with one attached hydrogen (secondary N) is 2. The Morgan fingerprint density at radius 1 is 0.939 bits per heavy atom. The van der Waals surface area contributed by atoms with Crippen LogP contribution in [0.1, 0.15) is 30.9 Å². The molecule has 0 aliphatic heterocycles. The lowest BCUT2D eigenvalue weighted by Crippen LogP contribution is -2.27. The summed E-state index contributed by atoms with van der Waals surface area (Å²) < 4.78 is 56.7. The van der Waals surface area contributed by atoms with Gasteiger partial charge in [-0.2, -0.15) is 0 Å². The van der Waals surface area contributed by atoms with Gasteiger partial charge in [-0.05, 0) is 47.7 Å². The molecule has 0 fully saturated rings. The zero-order chi connectivity index (χ0) is 23.6. The third-order valence-electron chi connectivity index (χ3n) is 5.42. The number of aromatic amines is 1. The van der Waals surface area contributed by atoms with E-state index in [2.05, 4.69) is 14.7 Å². The Morgan fingerprint density at radius 2 is 1.70 bits per heavy atom. The largest absolute Gasteiger partial charge is 0.344 e. The Bertz CT molecular complexity index is 1480. The molecule has 4 aromatic rings. The number of sulfone groups is 1. The quantitative estimate of drug-likeness (QED) is 0.393. The van der Waals surface area contributed by atoms with E-state index >= 15 is 0 Å². The van der Waals surface area contributed by atoms with E-state index in [-0.39, 0.29) is 27.3 Å². The number of H-pyrrole nitrogens is 1. The van der Waals surface area contributed by atoms with Gasteiger partial charge in [0.2, 0.25) is 19.9 Å².